The first-order chi connectivity index (χ1) is 9.22. The van der Waals surface area contributed by atoms with Crippen molar-refractivity contribution in [2.45, 2.75) is 31.8 Å². The molecule has 0 saturated heterocycles. The van der Waals surface area contributed by atoms with Gasteiger partial charge >= 0.3 is 0 Å². The fourth-order valence-corrected chi connectivity index (χ4v) is 2.22. The first-order valence-corrected chi connectivity index (χ1v) is 6.64. The molecule has 2 unspecified atom stereocenters. The van der Waals surface area contributed by atoms with E-state index in [0.717, 1.165) is 18.5 Å². The van der Waals surface area contributed by atoms with Gasteiger partial charge in [0.25, 0.3) is 0 Å². The molecule has 0 aliphatic rings. The van der Waals surface area contributed by atoms with Crippen LogP contribution < -0.4 is 5.73 Å². The van der Waals surface area contributed by atoms with Gasteiger partial charge in [0.05, 0.1) is 24.7 Å². The Labute approximate surface area is 113 Å². The minimum absolute atomic E-state index is 0.0584. The highest BCUT2D eigenvalue weighted by Gasteiger charge is 2.14. The number of aliphatic hydroxyl groups excluding tert-OH is 1. The largest absolute Gasteiger partial charge is 0.394 e. The van der Waals surface area contributed by atoms with Gasteiger partial charge in [-0.2, -0.15) is 0 Å². The van der Waals surface area contributed by atoms with Gasteiger partial charge in [0, 0.05) is 12.2 Å². The zero-order valence-corrected chi connectivity index (χ0v) is 11.2. The van der Waals surface area contributed by atoms with E-state index in [-0.39, 0.29) is 12.6 Å². The SMILES string of the molecule is CC(CCc1ccccc1)n1cncc1C(N)CO. The molecule has 0 bridgehead atoms. The van der Waals surface area contributed by atoms with Gasteiger partial charge in [0.2, 0.25) is 0 Å². The second-order valence-corrected chi connectivity index (χ2v) is 4.89. The normalized spacial score (nSPS) is 14.3. The Morgan fingerprint density at radius 1 is 1.32 bits per heavy atom. The van der Waals surface area contributed by atoms with Gasteiger partial charge in [-0.05, 0) is 25.3 Å². The minimum Gasteiger partial charge on any atom is -0.394 e. The second kappa shape index (κ2) is 6.50. The van der Waals surface area contributed by atoms with Crippen molar-refractivity contribution >= 4 is 0 Å². The van der Waals surface area contributed by atoms with E-state index >= 15 is 0 Å². The van der Waals surface area contributed by atoms with E-state index in [9.17, 15) is 0 Å². The predicted molar refractivity (Wildman–Crippen MR) is 75.7 cm³/mol. The highest BCUT2D eigenvalue weighted by atomic mass is 16.3. The molecule has 0 radical (unpaired) electrons. The van der Waals surface area contributed by atoms with Crippen LogP contribution >= 0.6 is 0 Å². The van der Waals surface area contributed by atoms with Crippen LogP contribution in [0.4, 0.5) is 0 Å². The molecule has 0 spiro atoms. The van der Waals surface area contributed by atoms with Crippen LogP contribution in [0.25, 0.3) is 0 Å². The zero-order valence-electron chi connectivity index (χ0n) is 11.2. The number of benzene rings is 1. The summed E-state index contributed by atoms with van der Waals surface area (Å²) >= 11 is 0. The summed E-state index contributed by atoms with van der Waals surface area (Å²) in [6.45, 7) is 2.09. The van der Waals surface area contributed by atoms with Crippen LogP contribution in [0.15, 0.2) is 42.9 Å². The molecule has 4 nitrogen and oxygen atoms in total. The van der Waals surface area contributed by atoms with Crippen molar-refractivity contribution in [1.82, 2.24) is 9.55 Å². The number of nitrogens with zero attached hydrogens (tertiary/aromatic N) is 2. The number of hydrogen-bond acceptors (Lipinski definition) is 3. The molecule has 0 fully saturated rings. The van der Waals surface area contributed by atoms with Gasteiger partial charge in [-0.25, -0.2) is 4.98 Å². The van der Waals surface area contributed by atoms with Crippen LogP contribution in [0.3, 0.4) is 0 Å². The van der Waals surface area contributed by atoms with Crippen molar-refractivity contribution in [3.05, 3.63) is 54.1 Å². The first-order valence-electron chi connectivity index (χ1n) is 6.64. The van der Waals surface area contributed by atoms with Crippen molar-refractivity contribution in [1.29, 1.82) is 0 Å². The summed E-state index contributed by atoms with van der Waals surface area (Å²) in [5.41, 5.74) is 8.10. The molecule has 1 heterocycles. The number of imidazole rings is 1. The summed E-state index contributed by atoms with van der Waals surface area (Å²) in [5, 5.41) is 9.15. The van der Waals surface area contributed by atoms with Gasteiger partial charge in [0.15, 0.2) is 0 Å². The Kier molecular flexibility index (Phi) is 4.71. The Hall–Kier alpha value is -1.65. The Morgan fingerprint density at radius 2 is 2.05 bits per heavy atom. The quantitative estimate of drug-likeness (QED) is 0.834. The van der Waals surface area contributed by atoms with E-state index in [1.165, 1.54) is 5.56 Å². The number of aromatic nitrogens is 2. The van der Waals surface area contributed by atoms with Crippen LogP contribution in [0.2, 0.25) is 0 Å². The standard InChI is InChI=1S/C15H21N3O/c1-12(7-8-13-5-3-2-4-6-13)18-11-17-9-15(18)14(16)10-19/h2-6,9,11-12,14,19H,7-8,10,16H2,1H3. The minimum atomic E-state index is -0.360. The summed E-state index contributed by atoms with van der Waals surface area (Å²) in [4.78, 5) is 4.14. The fraction of sp³-hybridized carbons (Fsp3) is 0.400. The van der Waals surface area contributed by atoms with Crippen molar-refractivity contribution in [3.8, 4) is 0 Å². The lowest BCUT2D eigenvalue weighted by Crippen LogP contribution is -2.20. The van der Waals surface area contributed by atoms with Gasteiger partial charge in [0.1, 0.15) is 0 Å². The van der Waals surface area contributed by atoms with Crippen molar-refractivity contribution in [2.24, 2.45) is 5.73 Å². The molecule has 2 rings (SSSR count). The third-order valence-corrected chi connectivity index (χ3v) is 3.44. The van der Waals surface area contributed by atoms with Crippen LogP contribution in [-0.4, -0.2) is 21.3 Å². The summed E-state index contributed by atoms with van der Waals surface area (Å²) in [6, 6.07) is 10.4. The van der Waals surface area contributed by atoms with Crippen LogP contribution in [-0.2, 0) is 6.42 Å². The van der Waals surface area contributed by atoms with Crippen molar-refractivity contribution < 1.29 is 5.11 Å². The van der Waals surface area contributed by atoms with E-state index in [4.69, 9.17) is 10.8 Å². The number of aryl methyl sites for hydroxylation is 1. The third kappa shape index (κ3) is 3.43. The Balaban J connectivity index is 2.00. The molecular formula is C15H21N3O. The third-order valence-electron chi connectivity index (χ3n) is 3.44. The Bertz CT molecular complexity index is 495. The van der Waals surface area contributed by atoms with E-state index in [1.807, 2.05) is 6.07 Å². The lowest BCUT2D eigenvalue weighted by atomic mass is 10.1. The highest BCUT2D eigenvalue weighted by Crippen LogP contribution is 2.19. The lowest BCUT2D eigenvalue weighted by molar-refractivity contribution is 0.261. The van der Waals surface area contributed by atoms with E-state index in [0.29, 0.717) is 6.04 Å². The van der Waals surface area contributed by atoms with Crippen molar-refractivity contribution in [2.75, 3.05) is 6.61 Å². The molecule has 2 aromatic rings. The van der Waals surface area contributed by atoms with Crippen LogP contribution in [0.1, 0.15) is 36.7 Å². The van der Waals surface area contributed by atoms with E-state index in [2.05, 4.69) is 40.7 Å². The molecule has 0 aliphatic heterocycles. The molecule has 2 atom stereocenters. The highest BCUT2D eigenvalue weighted by molar-refractivity contribution is 5.15. The van der Waals surface area contributed by atoms with Gasteiger partial charge in [-0.3, -0.25) is 0 Å². The van der Waals surface area contributed by atoms with Crippen LogP contribution in [0, 0.1) is 0 Å². The fourth-order valence-electron chi connectivity index (χ4n) is 2.22. The van der Waals surface area contributed by atoms with Gasteiger partial charge in [-0.15, -0.1) is 0 Å². The average molecular weight is 259 g/mol. The number of nitrogens with two attached hydrogens (primary N) is 1. The van der Waals surface area contributed by atoms with E-state index in [1.54, 1.807) is 12.5 Å². The summed E-state index contributed by atoms with van der Waals surface area (Å²) in [7, 11) is 0. The number of aliphatic hydroxyl groups is 1. The average Bonchev–Trinajstić information content (AvgIpc) is 2.94. The molecule has 1 aromatic heterocycles. The molecule has 19 heavy (non-hydrogen) atoms. The zero-order chi connectivity index (χ0) is 13.7. The maximum absolute atomic E-state index is 9.15. The summed E-state index contributed by atoms with van der Waals surface area (Å²) < 4.78 is 2.06. The molecule has 0 aliphatic carbocycles. The molecule has 3 N–H and O–H groups in total. The monoisotopic (exact) mass is 259 g/mol. The summed E-state index contributed by atoms with van der Waals surface area (Å²) in [6.07, 6.45) is 5.57. The summed E-state index contributed by atoms with van der Waals surface area (Å²) in [5.74, 6) is 0. The molecule has 102 valence electrons. The van der Waals surface area contributed by atoms with E-state index < -0.39 is 0 Å². The maximum atomic E-state index is 9.15. The molecule has 0 amide bonds. The molecule has 1 aromatic carbocycles. The van der Waals surface area contributed by atoms with Crippen molar-refractivity contribution in [3.63, 3.8) is 0 Å². The number of rotatable bonds is 6. The van der Waals surface area contributed by atoms with Gasteiger partial charge in [-0.1, -0.05) is 30.3 Å². The predicted octanol–water partition coefficient (Wildman–Crippen LogP) is 2.07. The molecule has 4 heteroatoms. The van der Waals surface area contributed by atoms with Crippen LogP contribution in [0.5, 0.6) is 0 Å². The van der Waals surface area contributed by atoms with Gasteiger partial charge < -0.3 is 15.4 Å². The molecule has 0 saturated carbocycles. The topological polar surface area (TPSA) is 64.1 Å². The smallest absolute Gasteiger partial charge is 0.0951 e. The second-order valence-electron chi connectivity index (χ2n) is 4.89. The number of hydrogen-bond donors (Lipinski definition) is 2. The maximum Gasteiger partial charge on any atom is 0.0951 e. The first kappa shape index (κ1) is 13.8. The lowest BCUT2D eigenvalue weighted by Gasteiger charge is -2.19. The Morgan fingerprint density at radius 3 is 2.74 bits per heavy atom. The molecular weight excluding hydrogens is 238 g/mol.